The minimum absolute atomic E-state index is 0.180. The average Bonchev–Trinajstić information content (AvgIpc) is 2.69. The topological polar surface area (TPSA) is 18.5 Å². The van der Waals surface area contributed by atoms with E-state index < -0.39 is 6.08 Å². The van der Waals surface area contributed by atoms with E-state index in [9.17, 15) is 8.78 Å². The fourth-order valence-corrected chi connectivity index (χ4v) is 5.42. The first-order valence-electron chi connectivity index (χ1n) is 11.0. The van der Waals surface area contributed by atoms with Crippen molar-refractivity contribution in [1.29, 1.82) is 0 Å². The predicted octanol–water partition coefficient (Wildman–Crippen LogP) is 6.73. The van der Waals surface area contributed by atoms with Crippen LogP contribution in [0, 0.1) is 29.6 Å². The maximum Gasteiger partial charge on any atom is 0.266 e. The molecule has 1 heterocycles. The lowest BCUT2D eigenvalue weighted by molar-refractivity contribution is -0.223. The molecule has 0 atom stereocenters. The number of halogens is 2. The average molecular weight is 383 g/mol. The lowest BCUT2D eigenvalue weighted by Gasteiger charge is -2.40. The predicted molar refractivity (Wildman–Crippen MR) is 104 cm³/mol. The van der Waals surface area contributed by atoms with E-state index in [1.54, 1.807) is 0 Å². The molecule has 0 aromatic rings. The van der Waals surface area contributed by atoms with Gasteiger partial charge in [0.25, 0.3) is 6.08 Å². The van der Waals surface area contributed by atoms with Crippen molar-refractivity contribution in [1.82, 2.24) is 0 Å². The van der Waals surface area contributed by atoms with Gasteiger partial charge in [-0.3, -0.25) is 0 Å². The Bertz CT molecular complexity index is 477. The molecular formula is C23H36F2O2. The number of rotatable bonds is 6. The van der Waals surface area contributed by atoms with Gasteiger partial charge in [-0.2, -0.15) is 8.78 Å². The molecule has 0 bridgehead atoms. The van der Waals surface area contributed by atoms with Crippen molar-refractivity contribution in [2.45, 2.75) is 77.4 Å². The summed E-state index contributed by atoms with van der Waals surface area (Å²) in [6, 6.07) is 0. The van der Waals surface area contributed by atoms with Gasteiger partial charge < -0.3 is 9.47 Å². The Morgan fingerprint density at radius 1 is 0.852 bits per heavy atom. The third kappa shape index (κ3) is 6.39. The molecule has 0 aromatic heterocycles. The van der Waals surface area contributed by atoms with Crippen LogP contribution in [0.15, 0.2) is 24.3 Å². The van der Waals surface area contributed by atoms with Gasteiger partial charge in [0.05, 0.1) is 13.2 Å². The fourth-order valence-electron chi connectivity index (χ4n) is 5.42. The van der Waals surface area contributed by atoms with Gasteiger partial charge in [-0.1, -0.05) is 25.0 Å². The summed E-state index contributed by atoms with van der Waals surface area (Å²) in [6.45, 7) is 2.83. The fraction of sp³-hybridized carbons (Fsp3) is 0.826. The highest BCUT2D eigenvalue weighted by Gasteiger charge is 2.35. The minimum Gasteiger partial charge on any atom is -0.352 e. The quantitative estimate of drug-likeness (QED) is 0.474. The highest BCUT2D eigenvalue weighted by atomic mass is 19.3. The second kappa shape index (κ2) is 10.7. The monoisotopic (exact) mass is 382 g/mol. The summed E-state index contributed by atoms with van der Waals surface area (Å²) in [7, 11) is 0. The van der Waals surface area contributed by atoms with Crippen LogP contribution in [0.4, 0.5) is 8.78 Å². The van der Waals surface area contributed by atoms with E-state index in [1.807, 2.05) is 0 Å². The largest absolute Gasteiger partial charge is 0.352 e. The maximum absolute atomic E-state index is 12.3. The Kier molecular flexibility index (Phi) is 8.32. The Morgan fingerprint density at radius 3 is 1.96 bits per heavy atom. The Balaban J connectivity index is 1.34. The van der Waals surface area contributed by atoms with Crippen LogP contribution in [0.25, 0.3) is 0 Å². The van der Waals surface area contributed by atoms with Crippen LogP contribution in [0.5, 0.6) is 0 Å². The van der Waals surface area contributed by atoms with Gasteiger partial charge >= 0.3 is 0 Å². The summed E-state index contributed by atoms with van der Waals surface area (Å²) in [4.78, 5) is 0. The molecule has 3 aliphatic rings. The van der Waals surface area contributed by atoms with Gasteiger partial charge in [-0.25, -0.2) is 0 Å². The van der Waals surface area contributed by atoms with E-state index in [0.717, 1.165) is 36.7 Å². The maximum atomic E-state index is 12.3. The Hall–Kier alpha value is -0.740. The number of ether oxygens (including phenoxy) is 2. The molecule has 154 valence electrons. The van der Waals surface area contributed by atoms with Gasteiger partial charge in [0, 0.05) is 11.8 Å². The first-order valence-corrected chi connectivity index (χ1v) is 11.0. The van der Waals surface area contributed by atoms with Gasteiger partial charge in [-0.05, 0) is 82.1 Å². The van der Waals surface area contributed by atoms with Crippen LogP contribution >= 0.6 is 0 Å². The summed E-state index contributed by atoms with van der Waals surface area (Å²) in [5.74, 6) is 2.87. The van der Waals surface area contributed by atoms with Gasteiger partial charge in [-0.15, -0.1) is 0 Å². The van der Waals surface area contributed by atoms with Gasteiger partial charge in [0.2, 0.25) is 0 Å². The van der Waals surface area contributed by atoms with Crippen molar-refractivity contribution in [3.63, 3.8) is 0 Å². The Morgan fingerprint density at radius 2 is 1.41 bits per heavy atom. The van der Waals surface area contributed by atoms with Crippen LogP contribution in [0.3, 0.4) is 0 Å². The normalized spacial score (nSPS) is 38.0. The van der Waals surface area contributed by atoms with E-state index in [0.29, 0.717) is 19.1 Å². The van der Waals surface area contributed by atoms with Crippen molar-refractivity contribution in [2.75, 3.05) is 13.2 Å². The number of allylic oxidation sites excluding steroid dienone is 2. The summed E-state index contributed by atoms with van der Waals surface area (Å²) in [5.41, 5.74) is 0. The zero-order valence-corrected chi connectivity index (χ0v) is 16.8. The number of hydrogen-bond acceptors (Lipinski definition) is 2. The molecule has 0 radical (unpaired) electrons. The van der Waals surface area contributed by atoms with Gasteiger partial charge in [0.15, 0.2) is 6.29 Å². The molecule has 1 aliphatic heterocycles. The van der Waals surface area contributed by atoms with Crippen molar-refractivity contribution in [3.8, 4) is 0 Å². The van der Waals surface area contributed by atoms with E-state index in [1.165, 1.54) is 51.4 Å². The summed E-state index contributed by atoms with van der Waals surface area (Å²) >= 11 is 0. The molecule has 2 saturated carbocycles. The van der Waals surface area contributed by atoms with Crippen molar-refractivity contribution >= 4 is 0 Å². The highest BCUT2D eigenvalue weighted by molar-refractivity contribution is 4.90. The molecule has 2 aliphatic carbocycles. The molecule has 0 spiro atoms. The Labute approximate surface area is 163 Å². The molecule has 0 aromatic carbocycles. The molecule has 0 amide bonds. The lowest BCUT2D eigenvalue weighted by Crippen LogP contribution is -2.38. The van der Waals surface area contributed by atoms with Crippen LogP contribution in [0.2, 0.25) is 0 Å². The molecule has 3 fully saturated rings. The molecule has 0 N–H and O–H groups in total. The third-order valence-electron chi connectivity index (χ3n) is 7.05. The van der Waals surface area contributed by atoms with Crippen molar-refractivity contribution < 1.29 is 18.3 Å². The standard InChI is InChI=1S/C23H36F2O2/c1-2-3-4-5-17-6-8-19(9-7-17)20-10-12-21(13-11-20)23-26-15-18(16-27-23)14-22(24)25/h2-3,14,17-21,23H,4-13,15-16H2,1H3. The van der Waals surface area contributed by atoms with Gasteiger partial charge in [0.1, 0.15) is 0 Å². The zero-order chi connectivity index (χ0) is 19.1. The second-order valence-electron chi connectivity index (χ2n) is 8.85. The zero-order valence-electron chi connectivity index (χ0n) is 16.8. The molecule has 4 heteroatoms. The summed E-state index contributed by atoms with van der Waals surface area (Å²) in [6.07, 6.45) is 16.8. The first kappa shape index (κ1) is 21.0. The minimum atomic E-state index is -1.64. The molecule has 0 unspecified atom stereocenters. The van der Waals surface area contributed by atoms with E-state index in [-0.39, 0.29) is 12.2 Å². The molecular weight excluding hydrogens is 346 g/mol. The SMILES string of the molecule is CC=CCCC1CCC(C2CCC(C3OCC(C=C(F)F)CO3)CC2)CC1. The summed E-state index contributed by atoms with van der Waals surface area (Å²) in [5, 5.41) is 0. The van der Waals surface area contributed by atoms with Crippen molar-refractivity contribution in [2.24, 2.45) is 29.6 Å². The molecule has 2 nitrogen and oxygen atoms in total. The highest BCUT2D eigenvalue weighted by Crippen LogP contribution is 2.43. The smallest absolute Gasteiger partial charge is 0.266 e. The first-order chi connectivity index (χ1) is 13.2. The van der Waals surface area contributed by atoms with Crippen LogP contribution < -0.4 is 0 Å². The number of hydrogen-bond donors (Lipinski definition) is 0. The van der Waals surface area contributed by atoms with E-state index >= 15 is 0 Å². The van der Waals surface area contributed by atoms with Crippen LogP contribution in [-0.4, -0.2) is 19.5 Å². The molecule has 3 rings (SSSR count). The van der Waals surface area contributed by atoms with Crippen molar-refractivity contribution in [3.05, 3.63) is 24.3 Å². The van der Waals surface area contributed by atoms with Crippen LogP contribution in [0.1, 0.15) is 71.1 Å². The van der Waals surface area contributed by atoms with E-state index in [2.05, 4.69) is 19.1 Å². The molecule has 1 saturated heterocycles. The lowest BCUT2D eigenvalue weighted by atomic mass is 9.68. The summed E-state index contributed by atoms with van der Waals surface area (Å²) < 4.78 is 36.2. The van der Waals surface area contributed by atoms with Crippen LogP contribution in [-0.2, 0) is 9.47 Å². The third-order valence-corrected chi connectivity index (χ3v) is 7.05. The molecule has 27 heavy (non-hydrogen) atoms. The second-order valence-corrected chi connectivity index (χ2v) is 8.85. The van der Waals surface area contributed by atoms with E-state index in [4.69, 9.17) is 9.47 Å².